The van der Waals surface area contributed by atoms with Crippen molar-refractivity contribution in [2.75, 3.05) is 32.1 Å². The number of carbonyl (C=O) groups is 1. The molecule has 0 atom stereocenters. The van der Waals surface area contributed by atoms with Crippen LogP contribution in [-0.4, -0.2) is 51.3 Å². The molecule has 0 bridgehead atoms. The van der Waals surface area contributed by atoms with E-state index in [2.05, 4.69) is 24.1 Å². The first kappa shape index (κ1) is 20.5. The Morgan fingerprint density at radius 1 is 1.36 bits per heavy atom. The average molecular weight is 419 g/mol. The van der Waals surface area contributed by atoms with E-state index in [1.807, 2.05) is 6.07 Å². The average Bonchev–Trinajstić information content (AvgIpc) is 2.94. The van der Waals surface area contributed by atoms with Crippen molar-refractivity contribution in [2.45, 2.75) is 13.8 Å². The van der Waals surface area contributed by atoms with E-state index in [1.165, 1.54) is 21.1 Å². The molecular weight excluding hydrogens is 396 g/mol. The number of carbonyl (C=O) groups excluding carboxylic acids is 1. The van der Waals surface area contributed by atoms with Gasteiger partial charge in [-0.2, -0.15) is 0 Å². The Bertz CT molecular complexity index is 1000. The predicted molar refractivity (Wildman–Crippen MR) is 117 cm³/mol. The van der Waals surface area contributed by atoms with Gasteiger partial charge in [-0.1, -0.05) is 43.9 Å². The SMILES string of the molecule is COCCN1C(=O)/C(=C\c2c(NCC(C)C)nc3ccccn3c2=O)SC1=S. The van der Waals surface area contributed by atoms with Crippen molar-refractivity contribution in [3.63, 3.8) is 0 Å². The Kier molecular flexibility index (Phi) is 6.48. The number of pyridine rings is 1. The number of rotatable bonds is 7. The molecule has 2 aromatic heterocycles. The quantitative estimate of drug-likeness (QED) is 0.547. The summed E-state index contributed by atoms with van der Waals surface area (Å²) in [6, 6.07) is 5.37. The van der Waals surface area contributed by atoms with Crippen LogP contribution in [0.3, 0.4) is 0 Å². The number of nitrogens with one attached hydrogen (secondary N) is 1. The van der Waals surface area contributed by atoms with Gasteiger partial charge in [-0.3, -0.25) is 18.9 Å². The lowest BCUT2D eigenvalue weighted by molar-refractivity contribution is -0.122. The number of methoxy groups -OCH3 is 1. The molecule has 0 aromatic carbocycles. The second kappa shape index (κ2) is 8.85. The fourth-order valence-electron chi connectivity index (χ4n) is 2.67. The number of thiocarbonyl (C=S) groups is 1. The zero-order chi connectivity index (χ0) is 20.3. The molecule has 28 heavy (non-hydrogen) atoms. The largest absolute Gasteiger partial charge is 0.383 e. The van der Waals surface area contributed by atoms with Gasteiger partial charge < -0.3 is 10.1 Å². The lowest BCUT2D eigenvalue weighted by atomic mass is 10.2. The summed E-state index contributed by atoms with van der Waals surface area (Å²) in [6.07, 6.45) is 3.25. The zero-order valence-corrected chi connectivity index (χ0v) is 17.6. The smallest absolute Gasteiger partial charge is 0.267 e. The van der Waals surface area contributed by atoms with Crippen LogP contribution in [0.4, 0.5) is 5.82 Å². The van der Waals surface area contributed by atoms with E-state index < -0.39 is 0 Å². The van der Waals surface area contributed by atoms with Crippen molar-refractivity contribution >= 4 is 51.7 Å². The number of ether oxygens (including phenoxy) is 1. The minimum atomic E-state index is -0.237. The highest BCUT2D eigenvalue weighted by Gasteiger charge is 2.32. The molecule has 0 saturated carbocycles. The maximum absolute atomic E-state index is 13.1. The second-order valence-corrected chi connectivity index (χ2v) is 8.38. The molecule has 1 N–H and O–H groups in total. The number of hydrogen-bond donors (Lipinski definition) is 1. The van der Waals surface area contributed by atoms with Crippen molar-refractivity contribution in [1.82, 2.24) is 14.3 Å². The summed E-state index contributed by atoms with van der Waals surface area (Å²) in [5, 5.41) is 3.24. The Balaban J connectivity index is 2.06. The van der Waals surface area contributed by atoms with Crippen molar-refractivity contribution in [1.29, 1.82) is 0 Å². The van der Waals surface area contributed by atoms with E-state index in [0.29, 0.717) is 51.9 Å². The molecule has 148 valence electrons. The number of fused-ring (bicyclic) bond motifs is 1. The van der Waals surface area contributed by atoms with E-state index in [4.69, 9.17) is 17.0 Å². The van der Waals surface area contributed by atoms with Gasteiger partial charge in [-0.25, -0.2) is 4.98 Å². The summed E-state index contributed by atoms with van der Waals surface area (Å²) in [5.41, 5.74) is 0.652. The van der Waals surface area contributed by atoms with Crippen molar-refractivity contribution in [2.24, 2.45) is 5.92 Å². The molecule has 1 aliphatic rings. The molecule has 0 unspecified atom stereocenters. The molecule has 1 amide bonds. The zero-order valence-electron chi connectivity index (χ0n) is 16.0. The minimum Gasteiger partial charge on any atom is -0.383 e. The molecule has 3 rings (SSSR count). The highest BCUT2D eigenvalue weighted by Crippen LogP contribution is 2.32. The molecule has 9 heteroatoms. The first-order chi connectivity index (χ1) is 13.4. The number of hydrogen-bond acceptors (Lipinski definition) is 7. The lowest BCUT2D eigenvalue weighted by Crippen LogP contribution is -2.31. The summed E-state index contributed by atoms with van der Waals surface area (Å²) in [4.78, 5) is 32.3. The van der Waals surface area contributed by atoms with Crippen LogP contribution < -0.4 is 10.9 Å². The van der Waals surface area contributed by atoms with Crippen LogP contribution >= 0.6 is 24.0 Å². The first-order valence-electron chi connectivity index (χ1n) is 8.92. The van der Waals surface area contributed by atoms with Crippen LogP contribution in [0.5, 0.6) is 0 Å². The number of amides is 1. The number of anilines is 1. The number of aromatic nitrogens is 2. The van der Waals surface area contributed by atoms with Gasteiger partial charge in [0.2, 0.25) is 0 Å². The molecule has 1 fully saturated rings. The van der Waals surface area contributed by atoms with E-state index in [9.17, 15) is 9.59 Å². The van der Waals surface area contributed by atoms with Gasteiger partial charge in [0, 0.05) is 19.9 Å². The molecule has 0 spiro atoms. The fraction of sp³-hybridized carbons (Fsp3) is 0.368. The van der Waals surface area contributed by atoms with Crippen molar-refractivity contribution < 1.29 is 9.53 Å². The van der Waals surface area contributed by atoms with Gasteiger partial charge in [-0.15, -0.1) is 0 Å². The van der Waals surface area contributed by atoms with Crippen LogP contribution in [-0.2, 0) is 9.53 Å². The minimum absolute atomic E-state index is 0.223. The van der Waals surface area contributed by atoms with E-state index >= 15 is 0 Å². The standard InChI is InChI=1S/C19H22N4O3S2/c1-12(2)11-20-16-13(17(24)22-7-5-4-6-15(22)21-16)10-14-18(25)23(8-9-26-3)19(27)28-14/h4-7,10,12,20H,8-9,11H2,1-3H3/b14-10+. The third-order valence-electron chi connectivity index (χ3n) is 4.11. The third kappa shape index (κ3) is 4.26. The molecule has 7 nitrogen and oxygen atoms in total. The van der Waals surface area contributed by atoms with Gasteiger partial charge in [0.25, 0.3) is 11.5 Å². The summed E-state index contributed by atoms with van der Waals surface area (Å²) < 4.78 is 6.97. The van der Waals surface area contributed by atoms with Crippen LogP contribution in [0.2, 0.25) is 0 Å². The molecule has 0 aliphatic carbocycles. The Labute approximate surface area is 172 Å². The molecule has 0 radical (unpaired) electrons. The summed E-state index contributed by atoms with van der Waals surface area (Å²) in [6.45, 7) is 5.57. The Hall–Kier alpha value is -2.23. The Morgan fingerprint density at radius 3 is 2.86 bits per heavy atom. The highest BCUT2D eigenvalue weighted by atomic mass is 32.2. The summed E-state index contributed by atoms with van der Waals surface area (Å²) in [5.74, 6) is 0.614. The van der Waals surface area contributed by atoms with Crippen LogP contribution in [0.25, 0.3) is 11.7 Å². The van der Waals surface area contributed by atoms with Gasteiger partial charge in [0.1, 0.15) is 15.8 Å². The highest BCUT2D eigenvalue weighted by molar-refractivity contribution is 8.26. The normalized spacial score (nSPS) is 16.0. The predicted octanol–water partition coefficient (Wildman–Crippen LogP) is 2.61. The van der Waals surface area contributed by atoms with E-state index in [1.54, 1.807) is 31.5 Å². The molecule has 2 aromatic rings. The van der Waals surface area contributed by atoms with Gasteiger partial charge in [-0.05, 0) is 24.1 Å². The van der Waals surface area contributed by atoms with E-state index in [-0.39, 0.29) is 11.5 Å². The van der Waals surface area contributed by atoms with Crippen LogP contribution in [0.15, 0.2) is 34.1 Å². The molecule has 1 saturated heterocycles. The van der Waals surface area contributed by atoms with Crippen LogP contribution in [0.1, 0.15) is 19.4 Å². The van der Waals surface area contributed by atoms with Gasteiger partial charge in [0.05, 0.1) is 23.6 Å². The monoisotopic (exact) mass is 418 g/mol. The van der Waals surface area contributed by atoms with Gasteiger partial charge >= 0.3 is 0 Å². The first-order valence-corrected chi connectivity index (χ1v) is 10.1. The number of thioether (sulfide) groups is 1. The number of nitrogens with zero attached hydrogens (tertiary/aromatic N) is 3. The maximum Gasteiger partial charge on any atom is 0.267 e. The summed E-state index contributed by atoms with van der Waals surface area (Å²) >= 11 is 6.49. The van der Waals surface area contributed by atoms with Crippen molar-refractivity contribution in [3.05, 3.63) is 45.2 Å². The third-order valence-corrected chi connectivity index (χ3v) is 5.49. The summed E-state index contributed by atoms with van der Waals surface area (Å²) in [7, 11) is 1.57. The van der Waals surface area contributed by atoms with Gasteiger partial charge in [0.15, 0.2) is 0 Å². The van der Waals surface area contributed by atoms with Crippen LogP contribution in [0, 0.1) is 5.92 Å². The lowest BCUT2D eigenvalue weighted by Gasteiger charge is -2.13. The molecule has 1 aliphatic heterocycles. The maximum atomic E-state index is 13.1. The van der Waals surface area contributed by atoms with E-state index in [0.717, 1.165) is 0 Å². The molecule has 3 heterocycles. The fourth-order valence-corrected chi connectivity index (χ4v) is 3.97. The Morgan fingerprint density at radius 2 is 2.14 bits per heavy atom. The second-order valence-electron chi connectivity index (χ2n) is 6.71. The topological polar surface area (TPSA) is 75.9 Å². The molecular formula is C19H22N4O3S2. The van der Waals surface area contributed by atoms with Crippen molar-refractivity contribution in [3.8, 4) is 0 Å².